The van der Waals surface area contributed by atoms with Gasteiger partial charge in [0.2, 0.25) is 5.43 Å². The number of ketones is 1. The first-order valence-corrected chi connectivity index (χ1v) is 10.9. The van der Waals surface area contributed by atoms with Crippen LogP contribution in [0.3, 0.4) is 0 Å². The Bertz CT molecular complexity index is 1370. The Morgan fingerprint density at radius 2 is 1.67 bits per heavy atom. The average molecular weight is 441 g/mol. The lowest BCUT2D eigenvalue weighted by Gasteiger charge is -2.21. The Morgan fingerprint density at radius 3 is 2.36 bits per heavy atom. The number of hydrogen-bond acceptors (Lipinski definition) is 5. The first kappa shape index (κ1) is 20.8. The van der Waals surface area contributed by atoms with Crippen LogP contribution in [0.15, 0.2) is 77.7 Å². The van der Waals surface area contributed by atoms with Gasteiger partial charge in [0.1, 0.15) is 19.0 Å². The van der Waals surface area contributed by atoms with Crippen molar-refractivity contribution in [1.29, 1.82) is 0 Å². The third-order valence-corrected chi connectivity index (χ3v) is 5.61. The average Bonchev–Trinajstić information content (AvgIpc) is 2.86. The molecule has 0 atom stereocenters. The second-order valence-electron chi connectivity index (χ2n) is 7.78. The first-order valence-electron chi connectivity index (χ1n) is 10.9. The molecule has 1 aromatic heterocycles. The van der Waals surface area contributed by atoms with E-state index in [1.54, 1.807) is 36.5 Å². The summed E-state index contributed by atoms with van der Waals surface area (Å²) in [6, 6.07) is 20.2. The van der Waals surface area contributed by atoms with Gasteiger partial charge in [-0.15, -0.1) is 0 Å². The van der Waals surface area contributed by atoms with Crippen LogP contribution in [0.4, 0.5) is 0 Å². The van der Waals surface area contributed by atoms with Crippen LogP contribution in [-0.2, 0) is 6.54 Å². The third-order valence-electron chi connectivity index (χ3n) is 5.61. The van der Waals surface area contributed by atoms with Gasteiger partial charge in [-0.05, 0) is 42.8 Å². The van der Waals surface area contributed by atoms with E-state index >= 15 is 0 Å². The summed E-state index contributed by atoms with van der Waals surface area (Å²) in [5, 5.41) is 0.423. The molecule has 6 heteroatoms. The fraction of sp³-hybridized carbons (Fsp3) is 0.185. The maximum absolute atomic E-state index is 13.4. The number of hydrogen-bond donors (Lipinski definition) is 0. The minimum absolute atomic E-state index is 0.110. The molecule has 5 rings (SSSR count). The summed E-state index contributed by atoms with van der Waals surface area (Å²) in [4.78, 5) is 26.8. The molecule has 0 N–H and O–H groups in total. The van der Waals surface area contributed by atoms with Crippen LogP contribution < -0.4 is 19.6 Å². The van der Waals surface area contributed by atoms with E-state index < -0.39 is 0 Å². The number of benzene rings is 3. The highest BCUT2D eigenvalue weighted by molar-refractivity contribution is 6.10. The Hall–Kier alpha value is -4.06. The molecule has 4 aromatic rings. The molecule has 166 valence electrons. The molecule has 2 heterocycles. The number of nitrogens with zero attached hydrogens (tertiary/aromatic N) is 1. The summed E-state index contributed by atoms with van der Waals surface area (Å²) in [6.45, 7) is 3.81. The van der Waals surface area contributed by atoms with Gasteiger partial charge >= 0.3 is 0 Å². The van der Waals surface area contributed by atoms with Gasteiger partial charge in [-0.1, -0.05) is 30.3 Å². The quantitative estimate of drug-likeness (QED) is 0.414. The SMILES string of the molecule is CCOc1ccc(C(=O)c2cn(Cc3ccccc3)c3cc4c(cc3c2=O)OCCO4)cc1. The number of fused-ring (bicyclic) bond motifs is 2. The third kappa shape index (κ3) is 4.07. The van der Waals surface area contributed by atoms with Crippen molar-refractivity contribution >= 4 is 16.7 Å². The number of aromatic nitrogens is 1. The summed E-state index contributed by atoms with van der Waals surface area (Å²) in [6.07, 6.45) is 1.65. The van der Waals surface area contributed by atoms with E-state index in [1.807, 2.05) is 47.9 Å². The molecule has 0 unspecified atom stereocenters. The van der Waals surface area contributed by atoms with Crippen molar-refractivity contribution in [3.05, 3.63) is 99.8 Å². The van der Waals surface area contributed by atoms with E-state index in [0.717, 1.165) is 5.56 Å². The molecule has 0 bridgehead atoms. The molecule has 0 saturated carbocycles. The summed E-state index contributed by atoms with van der Waals surface area (Å²) in [5.74, 6) is 1.46. The van der Waals surface area contributed by atoms with Crippen LogP contribution in [0.1, 0.15) is 28.4 Å². The maximum atomic E-state index is 13.4. The van der Waals surface area contributed by atoms with Gasteiger partial charge in [0.15, 0.2) is 17.3 Å². The lowest BCUT2D eigenvalue weighted by molar-refractivity contribution is 0.103. The molecule has 33 heavy (non-hydrogen) atoms. The largest absolute Gasteiger partial charge is 0.494 e. The summed E-state index contributed by atoms with van der Waals surface area (Å²) < 4.78 is 18.8. The summed E-state index contributed by atoms with van der Waals surface area (Å²) >= 11 is 0. The Balaban J connectivity index is 1.66. The minimum Gasteiger partial charge on any atom is -0.494 e. The minimum atomic E-state index is -0.332. The van der Waals surface area contributed by atoms with Crippen LogP contribution in [0, 0.1) is 0 Å². The zero-order valence-corrected chi connectivity index (χ0v) is 18.2. The van der Waals surface area contributed by atoms with Gasteiger partial charge in [-0.2, -0.15) is 0 Å². The van der Waals surface area contributed by atoms with Crippen LogP contribution in [-0.4, -0.2) is 30.2 Å². The van der Waals surface area contributed by atoms with Crippen molar-refractivity contribution in [2.75, 3.05) is 19.8 Å². The molecule has 0 fully saturated rings. The fourth-order valence-electron chi connectivity index (χ4n) is 4.02. The van der Waals surface area contributed by atoms with Gasteiger partial charge in [-0.25, -0.2) is 0 Å². The van der Waals surface area contributed by atoms with Gasteiger partial charge in [0.25, 0.3) is 0 Å². The van der Waals surface area contributed by atoms with Crippen molar-refractivity contribution in [1.82, 2.24) is 4.57 Å². The van der Waals surface area contributed by atoms with E-state index in [4.69, 9.17) is 14.2 Å². The van der Waals surface area contributed by atoms with Crippen molar-refractivity contribution in [3.8, 4) is 17.2 Å². The molecule has 1 aliphatic heterocycles. The van der Waals surface area contributed by atoms with Gasteiger partial charge < -0.3 is 18.8 Å². The molecule has 0 saturated heterocycles. The van der Waals surface area contributed by atoms with Crippen LogP contribution in [0.5, 0.6) is 17.2 Å². The Kier molecular flexibility index (Phi) is 5.57. The van der Waals surface area contributed by atoms with E-state index in [-0.39, 0.29) is 16.8 Å². The number of carbonyl (C=O) groups excluding carboxylic acids is 1. The zero-order chi connectivity index (χ0) is 22.8. The summed E-state index contributed by atoms with van der Waals surface area (Å²) in [7, 11) is 0. The Labute approximate surface area is 191 Å². The van der Waals surface area contributed by atoms with Crippen LogP contribution >= 0.6 is 0 Å². The van der Waals surface area contributed by atoms with Gasteiger partial charge in [0.05, 0.1) is 23.1 Å². The predicted molar refractivity (Wildman–Crippen MR) is 126 cm³/mol. The highest BCUT2D eigenvalue weighted by Crippen LogP contribution is 2.34. The lowest BCUT2D eigenvalue weighted by atomic mass is 10.0. The molecular weight excluding hydrogens is 418 g/mol. The highest BCUT2D eigenvalue weighted by Gasteiger charge is 2.21. The molecule has 0 aliphatic carbocycles. The molecule has 0 spiro atoms. The Morgan fingerprint density at radius 1 is 0.970 bits per heavy atom. The molecule has 0 amide bonds. The van der Waals surface area contributed by atoms with Crippen molar-refractivity contribution in [2.24, 2.45) is 0 Å². The van der Waals surface area contributed by atoms with Crippen molar-refractivity contribution in [3.63, 3.8) is 0 Å². The number of ether oxygens (including phenoxy) is 3. The van der Waals surface area contributed by atoms with Gasteiger partial charge in [0, 0.05) is 24.4 Å². The van der Waals surface area contributed by atoms with E-state index in [0.29, 0.717) is 60.1 Å². The standard InChI is InChI=1S/C27H23NO5/c1-2-31-20-10-8-19(9-11-20)26(29)22-17-28(16-18-6-4-3-5-7-18)23-15-25-24(32-12-13-33-25)14-21(23)27(22)30/h3-11,14-15,17H,2,12-13,16H2,1H3. The monoisotopic (exact) mass is 441 g/mol. The van der Waals surface area contributed by atoms with Crippen molar-refractivity contribution in [2.45, 2.75) is 13.5 Å². The molecule has 0 radical (unpaired) electrons. The van der Waals surface area contributed by atoms with E-state index in [2.05, 4.69) is 0 Å². The molecule has 3 aromatic carbocycles. The lowest BCUT2D eigenvalue weighted by Crippen LogP contribution is -2.21. The molecular formula is C27H23NO5. The molecule has 6 nitrogen and oxygen atoms in total. The predicted octanol–water partition coefficient (Wildman–Crippen LogP) is 4.45. The zero-order valence-electron chi connectivity index (χ0n) is 18.2. The van der Waals surface area contributed by atoms with Crippen molar-refractivity contribution < 1.29 is 19.0 Å². The smallest absolute Gasteiger partial charge is 0.200 e. The highest BCUT2D eigenvalue weighted by atomic mass is 16.6. The summed E-state index contributed by atoms with van der Waals surface area (Å²) in [5.41, 5.74) is 1.95. The van der Waals surface area contributed by atoms with Gasteiger partial charge in [-0.3, -0.25) is 9.59 Å². The second-order valence-corrected chi connectivity index (χ2v) is 7.78. The topological polar surface area (TPSA) is 66.8 Å². The van der Waals surface area contributed by atoms with E-state index in [1.165, 1.54) is 0 Å². The van der Waals surface area contributed by atoms with E-state index in [9.17, 15) is 9.59 Å². The first-order chi connectivity index (χ1) is 16.1. The van der Waals surface area contributed by atoms with Crippen LogP contribution in [0.2, 0.25) is 0 Å². The van der Waals surface area contributed by atoms with Crippen LogP contribution in [0.25, 0.3) is 10.9 Å². The number of rotatable bonds is 6. The number of carbonyl (C=O) groups is 1. The normalized spacial score (nSPS) is 12.5. The number of pyridine rings is 1. The molecule has 1 aliphatic rings. The fourth-order valence-corrected chi connectivity index (χ4v) is 4.02. The maximum Gasteiger partial charge on any atom is 0.200 e. The second kappa shape index (κ2) is 8.82.